The zero-order valence-corrected chi connectivity index (χ0v) is 15.2. The van der Waals surface area contributed by atoms with Crippen LogP contribution in [0.25, 0.3) is 0 Å². The molecule has 0 aliphatic heterocycles. The van der Waals surface area contributed by atoms with Gasteiger partial charge in [-0.15, -0.1) is 0 Å². The van der Waals surface area contributed by atoms with Crippen LogP contribution >= 0.6 is 0 Å². The summed E-state index contributed by atoms with van der Waals surface area (Å²) in [4.78, 5) is 24.7. The summed E-state index contributed by atoms with van der Waals surface area (Å²) in [6.45, 7) is 4.20. The molecular formula is C19H30N4O2. The van der Waals surface area contributed by atoms with E-state index in [-0.39, 0.29) is 24.0 Å². The average Bonchev–Trinajstić information content (AvgIpc) is 2.60. The molecule has 5 N–H and O–H groups in total. The Balaban J connectivity index is 2.06. The molecule has 6 nitrogen and oxygen atoms in total. The Kier molecular flexibility index (Phi) is 7.25. The van der Waals surface area contributed by atoms with E-state index >= 15 is 0 Å². The molecule has 25 heavy (non-hydrogen) atoms. The quantitative estimate of drug-likeness (QED) is 0.638. The van der Waals surface area contributed by atoms with Crippen molar-refractivity contribution in [3.8, 4) is 0 Å². The van der Waals surface area contributed by atoms with Crippen LogP contribution in [0.4, 0.5) is 10.5 Å². The molecule has 1 atom stereocenters. The summed E-state index contributed by atoms with van der Waals surface area (Å²) >= 11 is 0. The number of carbonyl (C=O) groups excluding carboxylic acids is 2. The largest absolute Gasteiger partial charge is 0.348 e. The van der Waals surface area contributed by atoms with Crippen LogP contribution in [0.3, 0.4) is 0 Å². The van der Waals surface area contributed by atoms with Gasteiger partial charge in [-0.1, -0.05) is 31.4 Å². The molecule has 0 bridgehead atoms. The number of hydrogen-bond acceptors (Lipinski definition) is 3. The Labute approximate surface area is 149 Å². The van der Waals surface area contributed by atoms with E-state index in [1.54, 1.807) is 24.3 Å². The zero-order chi connectivity index (χ0) is 18.2. The van der Waals surface area contributed by atoms with Gasteiger partial charge in [0.15, 0.2) is 0 Å². The molecule has 0 heterocycles. The molecule has 0 spiro atoms. The first-order valence-electron chi connectivity index (χ1n) is 9.18. The highest BCUT2D eigenvalue weighted by molar-refractivity contribution is 6.03. The number of rotatable bonds is 6. The Morgan fingerprint density at radius 2 is 1.80 bits per heavy atom. The van der Waals surface area contributed by atoms with Crippen LogP contribution in [0.15, 0.2) is 24.3 Å². The number of urea groups is 1. The van der Waals surface area contributed by atoms with Gasteiger partial charge in [-0.2, -0.15) is 0 Å². The molecule has 2 rings (SSSR count). The Morgan fingerprint density at radius 1 is 1.12 bits per heavy atom. The van der Waals surface area contributed by atoms with Crippen LogP contribution in [0.2, 0.25) is 0 Å². The highest BCUT2D eigenvalue weighted by Crippen LogP contribution is 2.26. The molecule has 1 aromatic rings. The van der Waals surface area contributed by atoms with Crippen molar-refractivity contribution < 1.29 is 9.59 Å². The highest BCUT2D eigenvalue weighted by Gasteiger charge is 2.25. The van der Waals surface area contributed by atoms with Gasteiger partial charge in [0.2, 0.25) is 0 Å². The van der Waals surface area contributed by atoms with Gasteiger partial charge in [-0.3, -0.25) is 4.79 Å². The number of benzene rings is 1. The minimum absolute atomic E-state index is 0.0221. The molecule has 1 unspecified atom stereocenters. The number of nitrogens with one attached hydrogen (secondary N) is 3. The lowest BCUT2D eigenvalue weighted by Gasteiger charge is -2.30. The van der Waals surface area contributed by atoms with E-state index in [1.807, 2.05) is 13.8 Å². The first kappa shape index (κ1) is 19.2. The standard InChI is InChI=1S/C19H30N4O2/c1-13(2)21-19(25)23-16-11-7-6-10-15(16)18(24)22-17(12-20)14-8-4-3-5-9-14/h6-7,10-11,13-14,17H,3-5,8-9,12,20H2,1-2H3,(H,22,24)(H2,21,23,25). The van der Waals surface area contributed by atoms with Crippen LogP contribution < -0.4 is 21.7 Å². The third kappa shape index (κ3) is 5.74. The van der Waals surface area contributed by atoms with E-state index in [4.69, 9.17) is 5.73 Å². The normalized spacial score (nSPS) is 16.3. The van der Waals surface area contributed by atoms with Gasteiger partial charge >= 0.3 is 6.03 Å². The van der Waals surface area contributed by atoms with Crippen molar-refractivity contribution >= 4 is 17.6 Å². The summed E-state index contributed by atoms with van der Waals surface area (Å²) in [5.41, 5.74) is 6.86. The van der Waals surface area contributed by atoms with Crippen molar-refractivity contribution in [2.45, 2.75) is 58.0 Å². The van der Waals surface area contributed by atoms with Crippen LogP contribution in [0, 0.1) is 5.92 Å². The molecule has 0 aromatic heterocycles. The van der Waals surface area contributed by atoms with Crippen molar-refractivity contribution in [2.75, 3.05) is 11.9 Å². The number of amides is 3. The molecule has 1 aliphatic carbocycles. The number of hydrogen-bond donors (Lipinski definition) is 4. The monoisotopic (exact) mass is 346 g/mol. The molecule has 6 heteroatoms. The van der Waals surface area contributed by atoms with E-state index in [1.165, 1.54) is 19.3 Å². The minimum atomic E-state index is -0.321. The summed E-state index contributed by atoms with van der Waals surface area (Å²) in [6, 6.07) is 6.71. The summed E-state index contributed by atoms with van der Waals surface area (Å²) in [7, 11) is 0. The lowest BCUT2D eigenvalue weighted by atomic mass is 9.84. The van der Waals surface area contributed by atoms with Gasteiger partial charge in [0.25, 0.3) is 5.91 Å². The lowest BCUT2D eigenvalue weighted by molar-refractivity contribution is 0.0916. The maximum absolute atomic E-state index is 12.7. The van der Waals surface area contributed by atoms with E-state index in [0.717, 1.165) is 12.8 Å². The molecule has 0 saturated heterocycles. The summed E-state index contributed by atoms with van der Waals surface area (Å²) < 4.78 is 0. The predicted octanol–water partition coefficient (Wildman–Crippen LogP) is 2.85. The molecular weight excluding hydrogens is 316 g/mol. The molecule has 0 radical (unpaired) electrons. The predicted molar refractivity (Wildman–Crippen MR) is 101 cm³/mol. The van der Waals surface area contributed by atoms with Crippen LogP contribution in [-0.2, 0) is 0 Å². The minimum Gasteiger partial charge on any atom is -0.348 e. The molecule has 1 saturated carbocycles. The van der Waals surface area contributed by atoms with E-state index in [2.05, 4.69) is 16.0 Å². The molecule has 3 amide bonds. The number of nitrogens with two attached hydrogens (primary N) is 1. The summed E-state index contributed by atoms with van der Waals surface area (Å²) in [5.74, 6) is 0.244. The first-order valence-corrected chi connectivity index (χ1v) is 9.18. The maximum Gasteiger partial charge on any atom is 0.319 e. The molecule has 1 aromatic carbocycles. The number of carbonyl (C=O) groups is 2. The Morgan fingerprint density at radius 3 is 2.44 bits per heavy atom. The third-order valence-corrected chi connectivity index (χ3v) is 4.63. The smallest absolute Gasteiger partial charge is 0.319 e. The van der Waals surface area contributed by atoms with Gasteiger partial charge in [0, 0.05) is 18.6 Å². The third-order valence-electron chi connectivity index (χ3n) is 4.63. The van der Waals surface area contributed by atoms with E-state index in [0.29, 0.717) is 23.7 Å². The number of para-hydroxylation sites is 1. The second-order valence-corrected chi connectivity index (χ2v) is 7.01. The van der Waals surface area contributed by atoms with Gasteiger partial charge in [0.05, 0.1) is 11.3 Å². The second-order valence-electron chi connectivity index (χ2n) is 7.01. The fraction of sp³-hybridized carbons (Fsp3) is 0.579. The Bertz CT molecular complexity index is 583. The van der Waals surface area contributed by atoms with Crippen molar-refractivity contribution in [3.63, 3.8) is 0 Å². The fourth-order valence-electron chi connectivity index (χ4n) is 3.36. The zero-order valence-electron chi connectivity index (χ0n) is 15.2. The van der Waals surface area contributed by atoms with Gasteiger partial charge in [0.1, 0.15) is 0 Å². The number of anilines is 1. The van der Waals surface area contributed by atoms with Gasteiger partial charge < -0.3 is 21.7 Å². The Hall–Kier alpha value is -2.08. The van der Waals surface area contributed by atoms with Gasteiger partial charge in [-0.05, 0) is 44.7 Å². The van der Waals surface area contributed by atoms with Gasteiger partial charge in [-0.25, -0.2) is 4.79 Å². The summed E-state index contributed by atoms with van der Waals surface area (Å²) in [5, 5.41) is 8.58. The average molecular weight is 346 g/mol. The second kappa shape index (κ2) is 9.42. The molecule has 1 fully saturated rings. The van der Waals surface area contributed by atoms with Crippen LogP contribution in [0.5, 0.6) is 0 Å². The van der Waals surface area contributed by atoms with Crippen molar-refractivity contribution in [1.82, 2.24) is 10.6 Å². The maximum atomic E-state index is 12.7. The first-order chi connectivity index (χ1) is 12.0. The van der Waals surface area contributed by atoms with Crippen molar-refractivity contribution in [2.24, 2.45) is 11.7 Å². The van der Waals surface area contributed by atoms with E-state index in [9.17, 15) is 9.59 Å². The topological polar surface area (TPSA) is 96.2 Å². The fourth-order valence-corrected chi connectivity index (χ4v) is 3.36. The molecule has 138 valence electrons. The SMILES string of the molecule is CC(C)NC(=O)Nc1ccccc1C(=O)NC(CN)C1CCCCC1. The van der Waals surface area contributed by atoms with Crippen molar-refractivity contribution in [3.05, 3.63) is 29.8 Å². The van der Waals surface area contributed by atoms with Crippen molar-refractivity contribution in [1.29, 1.82) is 0 Å². The summed E-state index contributed by atoms with van der Waals surface area (Å²) in [6.07, 6.45) is 5.88. The lowest BCUT2D eigenvalue weighted by Crippen LogP contribution is -2.46. The van der Waals surface area contributed by atoms with Crippen LogP contribution in [-0.4, -0.2) is 30.6 Å². The van der Waals surface area contributed by atoms with E-state index < -0.39 is 0 Å². The highest BCUT2D eigenvalue weighted by atomic mass is 16.2. The van der Waals surface area contributed by atoms with Crippen LogP contribution in [0.1, 0.15) is 56.3 Å². The molecule has 1 aliphatic rings.